The van der Waals surface area contributed by atoms with E-state index in [4.69, 9.17) is 19.6 Å². The molecule has 3 aliphatic rings. The molecule has 4 N–H and O–H groups in total. The number of fused-ring (bicyclic) bond motifs is 4. The van der Waals surface area contributed by atoms with Crippen molar-refractivity contribution in [2.45, 2.75) is 84.7 Å². The molecule has 1 saturated carbocycles. The Bertz CT molecular complexity index is 2680. The van der Waals surface area contributed by atoms with Gasteiger partial charge in [0.1, 0.15) is 29.1 Å². The summed E-state index contributed by atoms with van der Waals surface area (Å²) in [4.78, 5) is 78.7. The van der Waals surface area contributed by atoms with Crippen molar-refractivity contribution in [3.05, 3.63) is 81.6 Å². The van der Waals surface area contributed by atoms with Crippen LogP contribution in [0, 0.1) is 20.8 Å². The van der Waals surface area contributed by atoms with Crippen LogP contribution in [-0.2, 0) is 22.6 Å². The number of hydrogen-bond acceptors (Lipinski definition) is 11. The van der Waals surface area contributed by atoms with E-state index < -0.39 is 35.6 Å². The van der Waals surface area contributed by atoms with Crippen LogP contribution in [0.2, 0.25) is 0 Å². The van der Waals surface area contributed by atoms with Crippen LogP contribution >= 0.6 is 0 Å². The number of piperidine rings is 1. The first-order valence-electron chi connectivity index (χ1n) is 19.2. The summed E-state index contributed by atoms with van der Waals surface area (Å²) in [6.07, 6.45) is 3.15. The van der Waals surface area contributed by atoms with Crippen LogP contribution in [0.1, 0.15) is 105 Å². The average Bonchev–Trinajstić information content (AvgIpc) is 3.64. The number of carbonyl (C=O) groups is 5. The topological polar surface area (TPSA) is 210 Å². The van der Waals surface area contributed by atoms with Gasteiger partial charge < -0.3 is 20.1 Å². The number of aryl methyl sites for hydroxylation is 5. The fraction of sp³-hybridized carbons (Fsp3) is 0.341. The zero-order valence-electron chi connectivity index (χ0n) is 31.9. The number of carbonyl (C=O) groups excluding carboxylic acids is 5. The van der Waals surface area contributed by atoms with Gasteiger partial charge in [0, 0.05) is 48.0 Å². The van der Waals surface area contributed by atoms with Crippen molar-refractivity contribution < 1.29 is 28.5 Å². The van der Waals surface area contributed by atoms with Crippen molar-refractivity contribution in [2.75, 3.05) is 11.9 Å². The number of hydrogen-bond donors (Lipinski definition) is 4. The molecule has 1 saturated heterocycles. The Balaban J connectivity index is 0.985. The van der Waals surface area contributed by atoms with Crippen LogP contribution < -0.4 is 16.0 Å². The zero-order chi connectivity index (χ0) is 39.7. The minimum atomic E-state index is -1.05. The summed E-state index contributed by atoms with van der Waals surface area (Å²) in [5.74, 6) is -0.341. The number of aromatic amines is 1. The Labute approximate surface area is 325 Å². The van der Waals surface area contributed by atoms with Gasteiger partial charge in [0.05, 0.1) is 27.9 Å². The highest BCUT2D eigenvalue weighted by Crippen LogP contribution is 2.41. The van der Waals surface area contributed by atoms with Gasteiger partial charge >= 0.3 is 0 Å². The van der Waals surface area contributed by atoms with Crippen molar-refractivity contribution in [1.29, 1.82) is 0 Å². The average molecular weight is 769 g/mol. The molecule has 1 unspecified atom stereocenters. The van der Waals surface area contributed by atoms with E-state index in [0.29, 0.717) is 42.3 Å². The van der Waals surface area contributed by atoms with E-state index >= 15 is 0 Å². The molecule has 2 fully saturated rings. The molecular formula is C41H40N10O6. The predicted octanol–water partition coefficient (Wildman–Crippen LogP) is 5.29. The molecule has 2 aliphatic heterocycles. The van der Waals surface area contributed by atoms with E-state index in [9.17, 15) is 24.0 Å². The van der Waals surface area contributed by atoms with Crippen LogP contribution in [0.15, 0.2) is 40.9 Å². The van der Waals surface area contributed by atoms with Crippen molar-refractivity contribution >= 4 is 63.1 Å². The third-order valence-electron chi connectivity index (χ3n) is 11.1. The van der Waals surface area contributed by atoms with E-state index in [2.05, 4.69) is 32.2 Å². The summed E-state index contributed by atoms with van der Waals surface area (Å²) in [6, 6.07) is 10.2. The molecule has 16 nitrogen and oxygen atoms in total. The van der Waals surface area contributed by atoms with E-state index in [1.165, 1.54) is 0 Å². The maximum atomic E-state index is 13.8. The first-order chi connectivity index (χ1) is 27.5. The number of amides is 5. The van der Waals surface area contributed by atoms with E-state index in [0.717, 1.165) is 73.7 Å². The molecule has 6 heterocycles. The Morgan fingerprint density at radius 2 is 1.81 bits per heavy atom. The lowest BCUT2D eigenvalue weighted by Gasteiger charge is -2.27. The van der Waals surface area contributed by atoms with Gasteiger partial charge in [-0.25, -0.2) is 14.6 Å². The van der Waals surface area contributed by atoms with Crippen LogP contribution in [0.5, 0.6) is 0 Å². The molecular weight excluding hydrogens is 729 g/mol. The maximum absolute atomic E-state index is 13.8. The number of benzene rings is 2. The number of aromatic nitrogens is 6. The van der Waals surface area contributed by atoms with Gasteiger partial charge in [-0.15, -0.1) is 0 Å². The number of anilines is 2. The van der Waals surface area contributed by atoms with Crippen LogP contribution in [0.3, 0.4) is 0 Å². The summed E-state index contributed by atoms with van der Waals surface area (Å²) >= 11 is 0. The minimum Gasteiger partial charge on any atom is -0.361 e. The molecule has 4 aromatic heterocycles. The molecule has 0 radical (unpaired) electrons. The van der Waals surface area contributed by atoms with Crippen LogP contribution in [0.25, 0.3) is 33.1 Å². The number of H-pyrrole nitrogens is 1. The smallest absolute Gasteiger partial charge is 0.289 e. The van der Waals surface area contributed by atoms with Gasteiger partial charge in [-0.1, -0.05) is 17.3 Å². The molecule has 290 valence electrons. The lowest BCUT2D eigenvalue weighted by Crippen LogP contribution is -2.54. The van der Waals surface area contributed by atoms with Gasteiger partial charge in [-0.3, -0.25) is 34.2 Å². The van der Waals surface area contributed by atoms with Gasteiger partial charge in [-0.05, 0) is 94.7 Å². The highest BCUT2D eigenvalue weighted by Gasteiger charge is 2.45. The lowest BCUT2D eigenvalue weighted by atomic mass is 9.97. The van der Waals surface area contributed by atoms with Crippen LogP contribution in [-0.4, -0.2) is 76.9 Å². The molecule has 6 aromatic rings. The Morgan fingerprint density at radius 1 is 0.982 bits per heavy atom. The molecule has 1 atom stereocenters. The number of imide groups is 2. The summed E-state index contributed by atoms with van der Waals surface area (Å²) < 4.78 is 7.38. The van der Waals surface area contributed by atoms with E-state index in [-0.39, 0.29) is 36.3 Å². The lowest BCUT2D eigenvalue weighted by molar-refractivity contribution is -0.136. The van der Waals surface area contributed by atoms with Gasteiger partial charge in [0.25, 0.3) is 17.7 Å². The number of rotatable bonds is 11. The maximum Gasteiger partial charge on any atom is 0.289 e. The highest BCUT2D eigenvalue weighted by atomic mass is 16.5. The molecule has 1 aliphatic carbocycles. The fourth-order valence-corrected chi connectivity index (χ4v) is 8.11. The summed E-state index contributed by atoms with van der Waals surface area (Å²) in [7, 11) is 0. The molecule has 2 aromatic carbocycles. The minimum absolute atomic E-state index is 0.0366. The normalized spacial score (nSPS) is 16.8. The molecule has 0 bridgehead atoms. The zero-order valence-corrected chi connectivity index (χ0v) is 31.9. The Hall–Kier alpha value is -6.71. The second kappa shape index (κ2) is 13.8. The quantitative estimate of drug-likeness (QED) is 0.0983. The fourth-order valence-electron chi connectivity index (χ4n) is 8.11. The Kier molecular flexibility index (Phi) is 8.70. The van der Waals surface area contributed by atoms with Crippen molar-refractivity contribution in [3.63, 3.8) is 0 Å². The molecule has 57 heavy (non-hydrogen) atoms. The van der Waals surface area contributed by atoms with Gasteiger partial charge in [-0.2, -0.15) is 5.10 Å². The van der Waals surface area contributed by atoms with Gasteiger partial charge in [0.2, 0.25) is 17.6 Å². The van der Waals surface area contributed by atoms with Crippen molar-refractivity contribution in [3.8, 4) is 11.1 Å². The first-order valence-corrected chi connectivity index (χ1v) is 19.2. The molecule has 5 amide bonds. The predicted molar refractivity (Wildman–Crippen MR) is 208 cm³/mol. The molecule has 16 heteroatoms. The summed E-state index contributed by atoms with van der Waals surface area (Å²) in [6.45, 7) is 8.74. The second-order valence-electron chi connectivity index (χ2n) is 15.0. The Morgan fingerprint density at radius 3 is 2.54 bits per heavy atom. The monoisotopic (exact) mass is 768 g/mol. The third-order valence-corrected chi connectivity index (χ3v) is 11.1. The second-order valence-corrected chi connectivity index (χ2v) is 15.0. The summed E-state index contributed by atoms with van der Waals surface area (Å²) in [5.41, 5.74) is 7.11. The first kappa shape index (κ1) is 36.0. The van der Waals surface area contributed by atoms with Crippen molar-refractivity contribution in [1.82, 2.24) is 45.4 Å². The standard InChI is InChI=1S/C41H40N10O6/c1-5-50-30(18-27(48-50)22-11-12-22)44-36-34-26-16-19(2)25(32-20(3)49-57-21(32)4)17-28(26)43-35(34)46-37(47-36)39(54)42-15-7-9-23-8-6-10-24-33(23)41(56)51(40(24)55)29-13-14-31(52)45-38(29)53/h6,8,10,16-18,22,29H,5,7,9,11-15H2,1-4H3,(H,42,54)(H,45,52,53)(H2,43,44,46,47). The summed E-state index contributed by atoms with van der Waals surface area (Å²) in [5, 5.41) is 19.2. The molecule has 0 spiro atoms. The largest absolute Gasteiger partial charge is 0.361 e. The van der Waals surface area contributed by atoms with E-state index in [1.54, 1.807) is 18.2 Å². The van der Waals surface area contributed by atoms with E-state index in [1.807, 2.05) is 44.5 Å². The van der Waals surface area contributed by atoms with Crippen molar-refractivity contribution in [2.24, 2.45) is 0 Å². The molecule has 9 rings (SSSR count). The third kappa shape index (κ3) is 6.20. The number of nitrogens with one attached hydrogen (secondary N) is 4. The highest BCUT2D eigenvalue weighted by molar-refractivity contribution is 6.24. The number of nitrogens with zero attached hydrogens (tertiary/aromatic N) is 6. The SMILES string of the molecule is CCn1nc(C2CC2)cc1Nc1nc(C(=O)NCCCc2cccc3c2C(=O)N(C2CCC(=O)NC2=O)C3=O)nc2[nH]c3cc(-c4c(C)noc4C)c(C)cc3c12. The van der Waals surface area contributed by atoms with Crippen LogP contribution in [0.4, 0.5) is 11.6 Å². The van der Waals surface area contributed by atoms with Gasteiger partial charge in [0.15, 0.2) is 0 Å².